The second-order valence-corrected chi connectivity index (χ2v) is 5.97. The molecule has 2 heterocycles. The molecule has 23 heavy (non-hydrogen) atoms. The molecule has 0 spiro atoms. The minimum Gasteiger partial charge on any atom is -0.426 e. The number of likely N-dealkylation sites (tertiary alicyclic amines) is 1. The summed E-state index contributed by atoms with van der Waals surface area (Å²) in [7, 11) is 0. The standard InChI is InChI=1S/C18H21NO4/c1-13-7-8-14(12-20)11-19(13)18(21)16-9-10-17(23-16)22-15-5-3-2-4-6-15/h2-6,9-10,13-14,20H,7-8,11-12H2,1H3. The van der Waals surface area contributed by atoms with E-state index in [1.165, 1.54) is 0 Å². The van der Waals surface area contributed by atoms with Gasteiger partial charge in [0.2, 0.25) is 0 Å². The van der Waals surface area contributed by atoms with Crippen LogP contribution in [0.1, 0.15) is 30.3 Å². The van der Waals surface area contributed by atoms with Crippen LogP contribution in [0.4, 0.5) is 0 Å². The molecule has 122 valence electrons. The van der Waals surface area contributed by atoms with E-state index < -0.39 is 0 Å². The molecule has 1 aliphatic heterocycles. The smallest absolute Gasteiger partial charge is 0.290 e. The summed E-state index contributed by atoms with van der Waals surface area (Å²) < 4.78 is 11.1. The third-order valence-corrected chi connectivity index (χ3v) is 4.25. The number of hydrogen-bond acceptors (Lipinski definition) is 4. The van der Waals surface area contributed by atoms with Gasteiger partial charge in [0, 0.05) is 25.3 Å². The van der Waals surface area contributed by atoms with E-state index in [-0.39, 0.29) is 30.2 Å². The van der Waals surface area contributed by atoms with E-state index in [2.05, 4.69) is 0 Å². The normalized spacial score (nSPS) is 21.2. The van der Waals surface area contributed by atoms with Crippen LogP contribution >= 0.6 is 0 Å². The monoisotopic (exact) mass is 315 g/mol. The molecule has 0 bridgehead atoms. The Bertz CT molecular complexity index is 652. The van der Waals surface area contributed by atoms with Gasteiger partial charge in [-0.05, 0) is 43.9 Å². The summed E-state index contributed by atoms with van der Waals surface area (Å²) in [5.74, 6) is 1.21. The molecule has 0 aliphatic carbocycles. The number of aliphatic hydroxyl groups is 1. The van der Waals surface area contributed by atoms with Crippen molar-refractivity contribution in [2.75, 3.05) is 13.2 Å². The highest BCUT2D eigenvalue weighted by molar-refractivity contribution is 5.92. The van der Waals surface area contributed by atoms with Crippen molar-refractivity contribution in [2.24, 2.45) is 5.92 Å². The molecule has 2 atom stereocenters. The zero-order valence-electron chi connectivity index (χ0n) is 13.1. The lowest BCUT2D eigenvalue weighted by atomic mass is 9.94. The van der Waals surface area contributed by atoms with Crippen LogP contribution in [0.25, 0.3) is 0 Å². The number of carbonyl (C=O) groups excluding carboxylic acids is 1. The summed E-state index contributed by atoms with van der Waals surface area (Å²) >= 11 is 0. The van der Waals surface area contributed by atoms with E-state index in [0.29, 0.717) is 18.2 Å². The Labute approximate surface area is 135 Å². The molecule has 0 saturated carbocycles. The number of amides is 1. The SMILES string of the molecule is CC1CCC(CO)CN1C(=O)c1ccc(Oc2ccccc2)o1. The predicted octanol–water partition coefficient (Wildman–Crippen LogP) is 3.30. The molecule has 5 heteroatoms. The lowest BCUT2D eigenvalue weighted by Gasteiger charge is -2.36. The van der Waals surface area contributed by atoms with E-state index in [1.807, 2.05) is 37.3 Å². The van der Waals surface area contributed by atoms with Crippen LogP contribution in [-0.2, 0) is 0 Å². The van der Waals surface area contributed by atoms with Crippen molar-refractivity contribution in [3.8, 4) is 11.7 Å². The van der Waals surface area contributed by atoms with Gasteiger partial charge in [0.25, 0.3) is 11.9 Å². The maximum absolute atomic E-state index is 12.6. The molecule has 0 radical (unpaired) electrons. The number of nitrogens with zero attached hydrogens (tertiary/aromatic N) is 1. The fourth-order valence-corrected chi connectivity index (χ4v) is 2.85. The van der Waals surface area contributed by atoms with Gasteiger partial charge in [0.15, 0.2) is 5.76 Å². The van der Waals surface area contributed by atoms with Crippen molar-refractivity contribution in [3.05, 3.63) is 48.2 Å². The van der Waals surface area contributed by atoms with Crippen molar-refractivity contribution >= 4 is 5.91 Å². The third-order valence-electron chi connectivity index (χ3n) is 4.25. The Kier molecular flexibility index (Phi) is 4.67. The Morgan fingerprint density at radius 1 is 1.26 bits per heavy atom. The summed E-state index contributed by atoms with van der Waals surface area (Å²) in [5, 5.41) is 9.33. The van der Waals surface area contributed by atoms with E-state index in [9.17, 15) is 9.90 Å². The zero-order chi connectivity index (χ0) is 16.2. The third kappa shape index (κ3) is 3.56. The molecule has 5 nitrogen and oxygen atoms in total. The number of aliphatic hydroxyl groups excluding tert-OH is 1. The molecule has 2 unspecified atom stereocenters. The highest BCUT2D eigenvalue weighted by Crippen LogP contribution is 2.27. The summed E-state index contributed by atoms with van der Waals surface area (Å²) in [6.45, 7) is 2.69. The first-order valence-electron chi connectivity index (χ1n) is 7.92. The number of para-hydroxylation sites is 1. The van der Waals surface area contributed by atoms with Crippen LogP contribution in [-0.4, -0.2) is 35.1 Å². The molecular formula is C18H21NO4. The van der Waals surface area contributed by atoms with Gasteiger partial charge < -0.3 is 19.2 Å². The van der Waals surface area contributed by atoms with Gasteiger partial charge in [-0.15, -0.1) is 0 Å². The van der Waals surface area contributed by atoms with Crippen molar-refractivity contribution in [1.29, 1.82) is 0 Å². The quantitative estimate of drug-likeness (QED) is 0.940. The van der Waals surface area contributed by atoms with Crippen molar-refractivity contribution in [3.63, 3.8) is 0 Å². The predicted molar refractivity (Wildman–Crippen MR) is 85.5 cm³/mol. The van der Waals surface area contributed by atoms with Gasteiger partial charge in [-0.25, -0.2) is 0 Å². The van der Waals surface area contributed by atoms with E-state index in [4.69, 9.17) is 9.15 Å². The first kappa shape index (κ1) is 15.6. The van der Waals surface area contributed by atoms with Crippen LogP contribution in [0.15, 0.2) is 46.9 Å². The lowest BCUT2D eigenvalue weighted by molar-refractivity contribution is 0.0455. The number of benzene rings is 1. The number of rotatable bonds is 4. The summed E-state index contributed by atoms with van der Waals surface area (Å²) in [6.07, 6.45) is 1.84. The van der Waals surface area contributed by atoms with Crippen molar-refractivity contribution < 1.29 is 19.1 Å². The topological polar surface area (TPSA) is 62.9 Å². The van der Waals surface area contributed by atoms with Gasteiger partial charge in [0.1, 0.15) is 5.75 Å². The lowest BCUT2D eigenvalue weighted by Crippen LogP contribution is -2.46. The minimum absolute atomic E-state index is 0.108. The van der Waals surface area contributed by atoms with E-state index in [0.717, 1.165) is 12.8 Å². The van der Waals surface area contributed by atoms with Gasteiger partial charge in [-0.3, -0.25) is 4.79 Å². The molecule has 1 aromatic carbocycles. The van der Waals surface area contributed by atoms with Gasteiger partial charge in [-0.2, -0.15) is 0 Å². The molecule has 1 fully saturated rings. The first-order valence-corrected chi connectivity index (χ1v) is 7.92. The number of hydrogen-bond donors (Lipinski definition) is 1. The zero-order valence-corrected chi connectivity index (χ0v) is 13.1. The number of furan rings is 1. The van der Waals surface area contributed by atoms with Crippen LogP contribution in [0, 0.1) is 5.92 Å². The van der Waals surface area contributed by atoms with Crippen LogP contribution in [0.2, 0.25) is 0 Å². The molecular weight excluding hydrogens is 294 g/mol. The molecule has 3 rings (SSSR count). The summed E-state index contributed by atoms with van der Waals surface area (Å²) in [6, 6.07) is 12.7. The summed E-state index contributed by atoms with van der Waals surface area (Å²) in [5.41, 5.74) is 0. The molecule has 2 aromatic rings. The first-order chi connectivity index (χ1) is 11.2. The van der Waals surface area contributed by atoms with E-state index in [1.54, 1.807) is 17.0 Å². The molecule has 1 aromatic heterocycles. The average molecular weight is 315 g/mol. The van der Waals surface area contributed by atoms with Gasteiger partial charge in [-0.1, -0.05) is 18.2 Å². The highest BCUT2D eigenvalue weighted by atomic mass is 16.6. The Balaban J connectivity index is 1.70. The second kappa shape index (κ2) is 6.87. The average Bonchev–Trinajstić information content (AvgIpc) is 3.04. The van der Waals surface area contributed by atoms with Crippen molar-refractivity contribution in [1.82, 2.24) is 4.90 Å². The van der Waals surface area contributed by atoms with Crippen molar-refractivity contribution in [2.45, 2.75) is 25.8 Å². The van der Waals surface area contributed by atoms with Crippen LogP contribution in [0.5, 0.6) is 11.7 Å². The van der Waals surface area contributed by atoms with Crippen LogP contribution in [0.3, 0.4) is 0 Å². The highest BCUT2D eigenvalue weighted by Gasteiger charge is 2.30. The Morgan fingerprint density at radius 3 is 2.78 bits per heavy atom. The fourth-order valence-electron chi connectivity index (χ4n) is 2.85. The van der Waals surface area contributed by atoms with Gasteiger partial charge in [0.05, 0.1) is 0 Å². The molecule has 1 aliphatic rings. The van der Waals surface area contributed by atoms with Crippen LogP contribution < -0.4 is 4.74 Å². The number of piperidine rings is 1. The second-order valence-electron chi connectivity index (χ2n) is 5.97. The largest absolute Gasteiger partial charge is 0.426 e. The maximum atomic E-state index is 12.6. The molecule has 1 amide bonds. The minimum atomic E-state index is -0.154. The summed E-state index contributed by atoms with van der Waals surface area (Å²) in [4.78, 5) is 14.4. The number of ether oxygens (including phenoxy) is 1. The molecule has 1 N–H and O–H groups in total. The fraction of sp³-hybridized carbons (Fsp3) is 0.389. The molecule has 1 saturated heterocycles. The van der Waals surface area contributed by atoms with E-state index >= 15 is 0 Å². The Hall–Kier alpha value is -2.27. The van der Waals surface area contributed by atoms with Gasteiger partial charge >= 0.3 is 0 Å². The number of carbonyl (C=O) groups is 1. The Morgan fingerprint density at radius 2 is 2.04 bits per heavy atom. The maximum Gasteiger partial charge on any atom is 0.290 e.